The number of amides is 1. The number of ether oxygens (including phenoxy) is 1. The zero-order chi connectivity index (χ0) is 38.9. The molecule has 0 aliphatic carbocycles. The van der Waals surface area contributed by atoms with Crippen molar-refractivity contribution in [3.8, 4) is 0 Å². The standard InChI is InChI=1S/C46H80N2O5/c1-3-5-7-9-11-13-14-15-16-17-18-19-20-22-24-30-34-40-45(50)53-42(36-31-27-23-21-12-10-8-6-4-2)37-32-28-25-26-29-33-39-44(49)48-43(46(51)52)38-35-41-47/h5,7,11,13,15-16,18-19,31,36,42-43H,3-4,6,8-10,12,14,17,20-30,32-35,37-41,47H2,1-2H3,(H,48,49)(H,51,52)/b7-5-,13-11-,16-15-,19-18-,36-31-. The Morgan fingerprint density at radius 2 is 1.09 bits per heavy atom. The van der Waals surface area contributed by atoms with E-state index in [-0.39, 0.29) is 18.0 Å². The van der Waals surface area contributed by atoms with Crippen molar-refractivity contribution in [2.75, 3.05) is 6.54 Å². The molecule has 1 amide bonds. The van der Waals surface area contributed by atoms with Crippen molar-refractivity contribution >= 4 is 17.8 Å². The van der Waals surface area contributed by atoms with Crippen LogP contribution in [0.5, 0.6) is 0 Å². The summed E-state index contributed by atoms with van der Waals surface area (Å²) in [5.41, 5.74) is 5.47. The van der Waals surface area contributed by atoms with Gasteiger partial charge in [-0.05, 0) is 103 Å². The number of hydrogen-bond donors (Lipinski definition) is 3. The van der Waals surface area contributed by atoms with Gasteiger partial charge in [-0.2, -0.15) is 0 Å². The molecule has 0 saturated heterocycles. The predicted molar refractivity (Wildman–Crippen MR) is 225 cm³/mol. The van der Waals surface area contributed by atoms with Gasteiger partial charge in [0, 0.05) is 12.8 Å². The minimum absolute atomic E-state index is 0.0824. The number of carboxylic acids is 1. The summed E-state index contributed by atoms with van der Waals surface area (Å²) < 4.78 is 5.95. The number of unbranched alkanes of at least 4 members (excludes halogenated alkanes) is 16. The van der Waals surface area contributed by atoms with E-state index in [9.17, 15) is 19.5 Å². The van der Waals surface area contributed by atoms with Gasteiger partial charge in [0.05, 0.1) is 0 Å². The summed E-state index contributed by atoms with van der Waals surface area (Å²) >= 11 is 0. The highest BCUT2D eigenvalue weighted by Crippen LogP contribution is 2.16. The zero-order valence-electron chi connectivity index (χ0n) is 34.1. The van der Waals surface area contributed by atoms with E-state index in [0.717, 1.165) is 109 Å². The van der Waals surface area contributed by atoms with Crippen molar-refractivity contribution in [2.24, 2.45) is 5.73 Å². The molecule has 0 radical (unpaired) electrons. The predicted octanol–water partition coefficient (Wildman–Crippen LogP) is 12.2. The Hall–Kier alpha value is -2.93. The number of carboxylic acid groups (broad SMARTS) is 1. The molecule has 0 aromatic rings. The number of nitrogens with one attached hydrogen (secondary N) is 1. The van der Waals surface area contributed by atoms with Gasteiger partial charge in [0.25, 0.3) is 0 Å². The molecular formula is C46H80N2O5. The normalized spacial score (nSPS) is 13.3. The molecule has 0 saturated carbocycles. The highest BCUT2D eigenvalue weighted by Gasteiger charge is 2.18. The molecule has 0 aliphatic heterocycles. The molecule has 2 atom stereocenters. The average Bonchev–Trinajstić information content (AvgIpc) is 3.14. The van der Waals surface area contributed by atoms with Crippen molar-refractivity contribution in [1.29, 1.82) is 0 Å². The number of hydrogen-bond acceptors (Lipinski definition) is 5. The highest BCUT2D eigenvalue weighted by atomic mass is 16.5. The third kappa shape index (κ3) is 37.2. The number of carbonyl (C=O) groups excluding carboxylic acids is 2. The monoisotopic (exact) mass is 741 g/mol. The van der Waals surface area contributed by atoms with Gasteiger partial charge in [-0.15, -0.1) is 0 Å². The van der Waals surface area contributed by atoms with Crippen LogP contribution in [0, 0.1) is 0 Å². The molecule has 53 heavy (non-hydrogen) atoms. The molecule has 0 heterocycles. The Morgan fingerprint density at radius 1 is 0.585 bits per heavy atom. The minimum atomic E-state index is -1.01. The average molecular weight is 741 g/mol. The van der Waals surface area contributed by atoms with E-state index < -0.39 is 12.0 Å². The largest absolute Gasteiger partial charge is 0.480 e. The van der Waals surface area contributed by atoms with Gasteiger partial charge in [0.2, 0.25) is 5.91 Å². The lowest BCUT2D eigenvalue weighted by Crippen LogP contribution is -2.40. The number of esters is 1. The van der Waals surface area contributed by atoms with Crippen LogP contribution in [0.25, 0.3) is 0 Å². The number of allylic oxidation sites excluding steroid dienone is 9. The second kappa shape index (κ2) is 40.3. The summed E-state index contributed by atoms with van der Waals surface area (Å²) in [7, 11) is 0. The molecule has 304 valence electrons. The molecule has 7 heteroatoms. The lowest BCUT2D eigenvalue weighted by molar-refractivity contribution is -0.147. The van der Waals surface area contributed by atoms with E-state index in [1.807, 2.05) is 0 Å². The maximum absolute atomic E-state index is 12.7. The van der Waals surface area contributed by atoms with Crippen LogP contribution < -0.4 is 11.1 Å². The molecule has 2 unspecified atom stereocenters. The smallest absolute Gasteiger partial charge is 0.326 e. The van der Waals surface area contributed by atoms with E-state index in [2.05, 4.69) is 79.9 Å². The van der Waals surface area contributed by atoms with Crippen molar-refractivity contribution in [2.45, 2.75) is 206 Å². The Kier molecular flexibility index (Phi) is 38.0. The van der Waals surface area contributed by atoms with Gasteiger partial charge in [0.1, 0.15) is 12.1 Å². The third-order valence-corrected chi connectivity index (χ3v) is 9.30. The summed E-state index contributed by atoms with van der Waals surface area (Å²) in [6.07, 6.45) is 49.9. The van der Waals surface area contributed by atoms with E-state index in [1.54, 1.807) is 0 Å². The first-order valence-electron chi connectivity index (χ1n) is 21.6. The molecule has 7 nitrogen and oxygen atoms in total. The van der Waals surface area contributed by atoms with Crippen LogP contribution in [0.4, 0.5) is 0 Å². The van der Waals surface area contributed by atoms with Crippen molar-refractivity contribution in [1.82, 2.24) is 5.32 Å². The Balaban J connectivity index is 4.34. The lowest BCUT2D eigenvalue weighted by atomic mass is 10.0. The zero-order valence-corrected chi connectivity index (χ0v) is 34.1. The SMILES string of the molecule is CC/C=C\C/C=C\C/C=C\C/C=C\CCCCCCC(=O)OC(/C=C\CCCCCCCCC)CCCCCCCCC(=O)NC(CCCN)C(=O)O. The van der Waals surface area contributed by atoms with Crippen LogP contribution in [0.3, 0.4) is 0 Å². The second-order valence-corrected chi connectivity index (χ2v) is 14.4. The third-order valence-electron chi connectivity index (χ3n) is 9.30. The molecule has 0 aliphatic rings. The summed E-state index contributed by atoms with van der Waals surface area (Å²) in [5, 5.41) is 11.9. The molecule has 4 N–H and O–H groups in total. The van der Waals surface area contributed by atoms with Crippen molar-refractivity contribution in [3.05, 3.63) is 60.8 Å². The topological polar surface area (TPSA) is 119 Å². The number of nitrogens with two attached hydrogens (primary N) is 1. The summed E-state index contributed by atoms with van der Waals surface area (Å²) in [6, 6.07) is -0.857. The van der Waals surface area contributed by atoms with Crippen LogP contribution in [-0.4, -0.2) is 41.6 Å². The Labute approximate surface area is 325 Å². The first-order chi connectivity index (χ1) is 25.9. The first-order valence-corrected chi connectivity index (χ1v) is 21.6. The van der Waals surface area contributed by atoms with E-state index in [4.69, 9.17) is 10.5 Å². The lowest BCUT2D eigenvalue weighted by Gasteiger charge is -2.15. The van der Waals surface area contributed by atoms with Gasteiger partial charge < -0.3 is 20.9 Å². The maximum Gasteiger partial charge on any atom is 0.326 e. The molecule has 0 rings (SSSR count). The summed E-state index contributed by atoms with van der Waals surface area (Å²) in [5.74, 6) is -1.29. The Bertz CT molecular complexity index is 1020. The van der Waals surface area contributed by atoms with Crippen LogP contribution >= 0.6 is 0 Å². The summed E-state index contributed by atoms with van der Waals surface area (Å²) in [6.45, 7) is 4.81. The fourth-order valence-corrected chi connectivity index (χ4v) is 6.06. The van der Waals surface area contributed by atoms with Crippen molar-refractivity contribution in [3.63, 3.8) is 0 Å². The van der Waals surface area contributed by atoms with Crippen molar-refractivity contribution < 1.29 is 24.2 Å². The molecule has 0 spiro atoms. The molecule has 0 fully saturated rings. The van der Waals surface area contributed by atoms with Gasteiger partial charge in [-0.25, -0.2) is 4.79 Å². The van der Waals surface area contributed by atoms with Crippen LogP contribution in [0.2, 0.25) is 0 Å². The maximum atomic E-state index is 12.7. The van der Waals surface area contributed by atoms with Gasteiger partial charge in [-0.3, -0.25) is 9.59 Å². The second-order valence-electron chi connectivity index (χ2n) is 14.4. The fourth-order valence-electron chi connectivity index (χ4n) is 6.06. The first kappa shape index (κ1) is 50.1. The van der Waals surface area contributed by atoms with Gasteiger partial charge in [-0.1, -0.05) is 146 Å². The molecule has 0 aromatic heterocycles. The quantitative estimate of drug-likeness (QED) is 0.0329. The van der Waals surface area contributed by atoms with Gasteiger partial charge >= 0.3 is 11.9 Å². The van der Waals surface area contributed by atoms with Crippen LogP contribution in [0.1, 0.15) is 194 Å². The number of carbonyl (C=O) groups is 3. The molecule has 0 aromatic carbocycles. The highest BCUT2D eigenvalue weighted by molar-refractivity contribution is 5.83. The summed E-state index contributed by atoms with van der Waals surface area (Å²) in [4.78, 5) is 36.2. The van der Waals surface area contributed by atoms with Crippen LogP contribution in [0.15, 0.2) is 60.8 Å². The van der Waals surface area contributed by atoms with E-state index in [1.165, 1.54) is 44.9 Å². The Morgan fingerprint density at radius 3 is 1.68 bits per heavy atom. The van der Waals surface area contributed by atoms with Crippen LogP contribution in [-0.2, 0) is 19.1 Å². The van der Waals surface area contributed by atoms with E-state index >= 15 is 0 Å². The number of rotatable bonds is 38. The minimum Gasteiger partial charge on any atom is -0.480 e. The fraction of sp³-hybridized carbons (Fsp3) is 0.717. The molecule has 0 bridgehead atoms. The molecular weight excluding hydrogens is 661 g/mol. The van der Waals surface area contributed by atoms with E-state index in [0.29, 0.717) is 32.2 Å². The number of aliphatic carboxylic acids is 1. The van der Waals surface area contributed by atoms with Gasteiger partial charge in [0.15, 0.2) is 0 Å².